The molecule has 1 unspecified atom stereocenters. The summed E-state index contributed by atoms with van der Waals surface area (Å²) in [5, 5.41) is 3.48. The van der Waals surface area contributed by atoms with Gasteiger partial charge in [0.25, 0.3) is 0 Å². The largest absolute Gasteiger partial charge is 0.497 e. The van der Waals surface area contributed by atoms with Gasteiger partial charge in [-0.25, -0.2) is 0 Å². The molecule has 1 N–H and O–H groups in total. The van der Waals surface area contributed by atoms with Crippen LogP contribution in [0.3, 0.4) is 0 Å². The molecule has 1 aromatic rings. The Labute approximate surface area is 123 Å². The fraction of sp³-hybridized carbons (Fsp3) is 0.625. The quantitative estimate of drug-likeness (QED) is 0.667. The number of likely N-dealkylation sites (N-methyl/N-ethyl adjacent to an activating group) is 1. The standard InChI is InChI=1S/C16H28N2O2/c1-5-18(6-2)13-14(3)17-11-12-20-16-9-7-15(19-4)8-10-16/h7-10,14,17H,5-6,11-13H2,1-4H3. The fourth-order valence-electron chi connectivity index (χ4n) is 2.08. The Morgan fingerprint density at radius 2 is 1.70 bits per heavy atom. The lowest BCUT2D eigenvalue weighted by Crippen LogP contribution is -2.40. The molecule has 0 saturated carbocycles. The lowest BCUT2D eigenvalue weighted by molar-refractivity contribution is 0.256. The molecule has 0 saturated heterocycles. The van der Waals surface area contributed by atoms with Gasteiger partial charge in [-0.3, -0.25) is 0 Å². The van der Waals surface area contributed by atoms with Gasteiger partial charge in [0, 0.05) is 19.1 Å². The van der Waals surface area contributed by atoms with E-state index >= 15 is 0 Å². The van der Waals surface area contributed by atoms with Gasteiger partial charge in [0.05, 0.1) is 7.11 Å². The van der Waals surface area contributed by atoms with Crippen molar-refractivity contribution in [3.8, 4) is 11.5 Å². The third-order valence-electron chi connectivity index (χ3n) is 3.35. The van der Waals surface area contributed by atoms with Crippen molar-refractivity contribution >= 4 is 0 Å². The maximum Gasteiger partial charge on any atom is 0.119 e. The first-order valence-corrected chi connectivity index (χ1v) is 7.42. The van der Waals surface area contributed by atoms with Crippen LogP contribution in [0, 0.1) is 0 Å². The van der Waals surface area contributed by atoms with Crippen molar-refractivity contribution in [2.24, 2.45) is 0 Å². The highest BCUT2D eigenvalue weighted by atomic mass is 16.5. The van der Waals surface area contributed by atoms with E-state index in [1.54, 1.807) is 7.11 Å². The van der Waals surface area contributed by atoms with Crippen LogP contribution in [0.2, 0.25) is 0 Å². The predicted molar refractivity (Wildman–Crippen MR) is 83.7 cm³/mol. The summed E-state index contributed by atoms with van der Waals surface area (Å²) < 4.78 is 10.8. The number of ether oxygens (including phenoxy) is 2. The molecule has 4 nitrogen and oxygen atoms in total. The number of methoxy groups -OCH3 is 1. The Hall–Kier alpha value is -1.26. The molecule has 0 amide bonds. The number of rotatable bonds is 10. The summed E-state index contributed by atoms with van der Waals surface area (Å²) in [5.41, 5.74) is 0. The Kier molecular flexibility index (Phi) is 8.07. The van der Waals surface area contributed by atoms with Gasteiger partial charge < -0.3 is 19.7 Å². The summed E-state index contributed by atoms with van der Waals surface area (Å²) in [5.74, 6) is 1.73. The molecule has 0 spiro atoms. The van der Waals surface area contributed by atoms with Gasteiger partial charge in [-0.05, 0) is 44.3 Å². The van der Waals surface area contributed by atoms with E-state index in [9.17, 15) is 0 Å². The maximum atomic E-state index is 5.68. The molecule has 0 aliphatic heterocycles. The normalized spacial score (nSPS) is 12.4. The van der Waals surface area contributed by atoms with Crippen molar-refractivity contribution in [2.75, 3.05) is 39.9 Å². The van der Waals surface area contributed by atoms with Gasteiger partial charge in [0.2, 0.25) is 0 Å². The number of hydrogen-bond donors (Lipinski definition) is 1. The molecular formula is C16H28N2O2. The number of nitrogens with zero attached hydrogens (tertiary/aromatic N) is 1. The summed E-state index contributed by atoms with van der Waals surface area (Å²) in [6.45, 7) is 11.4. The molecule has 0 aliphatic rings. The van der Waals surface area contributed by atoms with Crippen LogP contribution in [0.15, 0.2) is 24.3 Å². The second kappa shape index (κ2) is 9.61. The first-order chi connectivity index (χ1) is 9.69. The molecule has 114 valence electrons. The highest BCUT2D eigenvalue weighted by Gasteiger charge is 2.06. The summed E-state index contributed by atoms with van der Waals surface area (Å²) in [7, 11) is 1.66. The Bertz CT molecular complexity index is 350. The summed E-state index contributed by atoms with van der Waals surface area (Å²) in [6, 6.07) is 8.16. The summed E-state index contributed by atoms with van der Waals surface area (Å²) in [6.07, 6.45) is 0. The topological polar surface area (TPSA) is 33.7 Å². The van der Waals surface area contributed by atoms with Crippen molar-refractivity contribution in [1.29, 1.82) is 0 Å². The molecule has 1 rings (SSSR count). The van der Waals surface area contributed by atoms with Crippen LogP contribution < -0.4 is 14.8 Å². The first kappa shape index (κ1) is 16.8. The van der Waals surface area contributed by atoms with Gasteiger partial charge in [-0.15, -0.1) is 0 Å². The third kappa shape index (κ3) is 6.26. The van der Waals surface area contributed by atoms with E-state index in [0.717, 1.165) is 37.7 Å². The highest BCUT2D eigenvalue weighted by Crippen LogP contribution is 2.16. The molecule has 1 atom stereocenters. The van der Waals surface area contributed by atoms with Crippen LogP contribution in [-0.2, 0) is 0 Å². The van der Waals surface area contributed by atoms with E-state index in [-0.39, 0.29) is 0 Å². The lowest BCUT2D eigenvalue weighted by Gasteiger charge is -2.23. The highest BCUT2D eigenvalue weighted by molar-refractivity contribution is 5.31. The van der Waals surface area contributed by atoms with E-state index in [1.165, 1.54) is 0 Å². The van der Waals surface area contributed by atoms with Crippen LogP contribution in [0.4, 0.5) is 0 Å². The number of benzene rings is 1. The van der Waals surface area contributed by atoms with E-state index in [2.05, 4.69) is 31.0 Å². The molecule has 0 radical (unpaired) electrons. The number of nitrogens with one attached hydrogen (secondary N) is 1. The zero-order chi connectivity index (χ0) is 14.8. The SMILES string of the molecule is CCN(CC)CC(C)NCCOc1ccc(OC)cc1. The van der Waals surface area contributed by atoms with E-state index < -0.39 is 0 Å². The Balaban J connectivity index is 2.17. The molecule has 0 aromatic heterocycles. The van der Waals surface area contributed by atoms with E-state index in [4.69, 9.17) is 9.47 Å². The minimum atomic E-state index is 0.481. The fourth-order valence-corrected chi connectivity index (χ4v) is 2.08. The summed E-state index contributed by atoms with van der Waals surface area (Å²) >= 11 is 0. The second-order valence-electron chi connectivity index (χ2n) is 4.87. The van der Waals surface area contributed by atoms with Crippen molar-refractivity contribution < 1.29 is 9.47 Å². The van der Waals surface area contributed by atoms with E-state index in [1.807, 2.05) is 24.3 Å². The number of hydrogen-bond acceptors (Lipinski definition) is 4. The van der Waals surface area contributed by atoms with Crippen molar-refractivity contribution in [2.45, 2.75) is 26.8 Å². The molecule has 4 heteroatoms. The van der Waals surface area contributed by atoms with Gasteiger partial charge in [-0.2, -0.15) is 0 Å². The van der Waals surface area contributed by atoms with E-state index in [0.29, 0.717) is 12.6 Å². The predicted octanol–water partition coefficient (Wildman–Crippen LogP) is 2.39. The van der Waals surface area contributed by atoms with Crippen molar-refractivity contribution in [3.63, 3.8) is 0 Å². The van der Waals surface area contributed by atoms with Crippen molar-refractivity contribution in [3.05, 3.63) is 24.3 Å². The zero-order valence-electron chi connectivity index (χ0n) is 13.2. The Morgan fingerprint density at radius 1 is 1.10 bits per heavy atom. The molecule has 0 aliphatic carbocycles. The van der Waals surface area contributed by atoms with Gasteiger partial charge in [0.15, 0.2) is 0 Å². The lowest BCUT2D eigenvalue weighted by atomic mass is 10.3. The monoisotopic (exact) mass is 280 g/mol. The zero-order valence-corrected chi connectivity index (χ0v) is 13.2. The average molecular weight is 280 g/mol. The van der Waals surface area contributed by atoms with Crippen LogP contribution in [0.25, 0.3) is 0 Å². The first-order valence-electron chi connectivity index (χ1n) is 7.42. The van der Waals surface area contributed by atoms with Gasteiger partial charge in [-0.1, -0.05) is 13.8 Å². The van der Waals surface area contributed by atoms with Gasteiger partial charge >= 0.3 is 0 Å². The molecule has 0 bridgehead atoms. The Morgan fingerprint density at radius 3 is 2.25 bits per heavy atom. The van der Waals surface area contributed by atoms with Gasteiger partial charge in [0.1, 0.15) is 18.1 Å². The molecule has 0 fully saturated rings. The van der Waals surface area contributed by atoms with Crippen LogP contribution >= 0.6 is 0 Å². The maximum absolute atomic E-state index is 5.68. The van der Waals surface area contributed by atoms with Crippen LogP contribution in [0.5, 0.6) is 11.5 Å². The smallest absolute Gasteiger partial charge is 0.119 e. The molecular weight excluding hydrogens is 252 g/mol. The summed E-state index contributed by atoms with van der Waals surface area (Å²) in [4.78, 5) is 2.42. The minimum Gasteiger partial charge on any atom is -0.497 e. The van der Waals surface area contributed by atoms with Crippen LogP contribution in [-0.4, -0.2) is 50.8 Å². The molecule has 20 heavy (non-hydrogen) atoms. The minimum absolute atomic E-state index is 0.481. The third-order valence-corrected chi connectivity index (χ3v) is 3.35. The second-order valence-corrected chi connectivity index (χ2v) is 4.87. The van der Waals surface area contributed by atoms with Crippen molar-refractivity contribution in [1.82, 2.24) is 10.2 Å². The average Bonchev–Trinajstić information content (AvgIpc) is 2.49. The molecule has 0 heterocycles. The molecule has 1 aromatic carbocycles. The van der Waals surface area contributed by atoms with Crippen LogP contribution in [0.1, 0.15) is 20.8 Å².